The molecule has 21 heavy (non-hydrogen) atoms. The predicted octanol–water partition coefficient (Wildman–Crippen LogP) is 4.37. The maximum atomic E-state index is 11.6. The lowest BCUT2D eigenvalue weighted by atomic mass is 9.89. The van der Waals surface area contributed by atoms with Crippen LogP contribution in [0.1, 0.15) is 39.2 Å². The van der Waals surface area contributed by atoms with Gasteiger partial charge in [0.1, 0.15) is 11.5 Å². The number of hydrogen-bond donors (Lipinski definition) is 0. The Morgan fingerprint density at radius 3 is 2.43 bits per heavy atom. The number of ether oxygens (including phenoxy) is 3. The van der Waals surface area contributed by atoms with Gasteiger partial charge in [-0.05, 0) is 44.9 Å². The van der Waals surface area contributed by atoms with E-state index in [2.05, 4.69) is 0 Å². The van der Waals surface area contributed by atoms with Crippen LogP contribution in [0.2, 0.25) is 0 Å². The van der Waals surface area contributed by atoms with E-state index in [0.717, 1.165) is 11.3 Å². The number of benzene rings is 1. The average molecular weight is 290 g/mol. The van der Waals surface area contributed by atoms with Crippen LogP contribution in [0.15, 0.2) is 36.1 Å². The summed E-state index contributed by atoms with van der Waals surface area (Å²) < 4.78 is 16.7. The van der Waals surface area contributed by atoms with E-state index in [0.29, 0.717) is 18.6 Å². The molecule has 1 fully saturated rings. The lowest BCUT2D eigenvalue weighted by Crippen LogP contribution is -2.41. The van der Waals surface area contributed by atoms with E-state index in [1.54, 1.807) is 0 Å². The summed E-state index contributed by atoms with van der Waals surface area (Å²) in [6.07, 6.45) is 2.04. The average Bonchev–Trinajstić information content (AvgIpc) is 2.84. The summed E-state index contributed by atoms with van der Waals surface area (Å²) in [6.45, 7) is 7.85. The molecule has 1 saturated heterocycles. The molecule has 2 rings (SSSR count). The van der Waals surface area contributed by atoms with E-state index in [9.17, 15) is 4.79 Å². The van der Waals surface area contributed by atoms with E-state index in [-0.39, 0.29) is 0 Å². The zero-order valence-corrected chi connectivity index (χ0v) is 13.0. The van der Waals surface area contributed by atoms with Crippen molar-refractivity contribution in [3.05, 3.63) is 41.7 Å². The fraction of sp³-hybridized carbons (Fsp3) is 0.471. The molecule has 1 aromatic rings. The summed E-state index contributed by atoms with van der Waals surface area (Å²) in [6, 6.07) is 7.76. The molecule has 0 spiro atoms. The molecule has 1 atom stereocenters. The number of carbonyl (C=O) groups is 1. The van der Waals surface area contributed by atoms with Crippen LogP contribution in [0.4, 0.5) is 4.79 Å². The van der Waals surface area contributed by atoms with Gasteiger partial charge in [-0.15, -0.1) is 0 Å². The summed E-state index contributed by atoms with van der Waals surface area (Å²) in [5, 5.41) is 0. The van der Waals surface area contributed by atoms with Crippen LogP contribution < -0.4 is 4.74 Å². The molecular weight excluding hydrogens is 268 g/mol. The van der Waals surface area contributed by atoms with Crippen molar-refractivity contribution in [2.75, 3.05) is 0 Å². The zero-order valence-electron chi connectivity index (χ0n) is 13.0. The Hall–Kier alpha value is -1.97. The van der Waals surface area contributed by atoms with Crippen LogP contribution in [-0.2, 0) is 9.47 Å². The molecule has 0 unspecified atom stereocenters. The third-order valence-corrected chi connectivity index (χ3v) is 3.98. The van der Waals surface area contributed by atoms with Crippen molar-refractivity contribution in [2.45, 2.75) is 52.2 Å². The van der Waals surface area contributed by atoms with Gasteiger partial charge in [-0.3, -0.25) is 0 Å². The Bertz CT molecular complexity index is 526. The quantitative estimate of drug-likeness (QED) is 0.596. The first-order valence-electron chi connectivity index (χ1n) is 7.35. The van der Waals surface area contributed by atoms with Crippen molar-refractivity contribution in [2.24, 2.45) is 0 Å². The first-order chi connectivity index (χ1) is 10.0. The second-order valence-corrected chi connectivity index (χ2v) is 5.23. The highest BCUT2D eigenvalue weighted by Gasteiger charge is 2.51. The second-order valence-electron chi connectivity index (χ2n) is 5.23. The van der Waals surface area contributed by atoms with E-state index < -0.39 is 17.9 Å². The van der Waals surface area contributed by atoms with Gasteiger partial charge in [-0.2, -0.15) is 0 Å². The van der Waals surface area contributed by atoms with E-state index in [1.165, 1.54) is 0 Å². The highest BCUT2D eigenvalue weighted by Crippen LogP contribution is 2.38. The molecule has 1 aliphatic rings. The smallest absolute Gasteiger partial charge is 0.458 e. The SMILES string of the molecule is C/C=C(/Oc1ccc(C)cc1)[C@@H]1OC(=O)OC1(CC)CC. The summed E-state index contributed by atoms with van der Waals surface area (Å²) in [4.78, 5) is 11.6. The van der Waals surface area contributed by atoms with Gasteiger partial charge in [0.25, 0.3) is 0 Å². The van der Waals surface area contributed by atoms with Crippen LogP contribution in [0.25, 0.3) is 0 Å². The number of cyclic esters (lactones) is 2. The molecule has 0 bridgehead atoms. The Morgan fingerprint density at radius 2 is 1.90 bits per heavy atom. The molecule has 114 valence electrons. The highest BCUT2D eigenvalue weighted by molar-refractivity contribution is 5.64. The first kappa shape index (κ1) is 15.4. The third-order valence-electron chi connectivity index (χ3n) is 3.98. The van der Waals surface area contributed by atoms with Gasteiger partial charge in [0.05, 0.1) is 0 Å². The second kappa shape index (κ2) is 6.20. The Labute approximate surface area is 125 Å². The monoisotopic (exact) mass is 290 g/mol. The Balaban J connectivity index is 2.24. The first-order valence-corrected chi connectivity index (χ1v) is 7.35. The lowest BCUT2D eigenvalue weighted by molar-refractivity contribution is 0.0221. The molecule has 0 N–H and O–H groups in total. The highest BCUT2D eigenvalue weighted by atomic mass is 16.8. The fourth-order valence-corrected chi connectivity index (χ4v) is 2.54. The van der Waals surface area contributed by atoms with E-state index in [1.807, 2.05) is 58.0 Å². The van der Waals surface area contributed by atoms with E-state index >= 15 is 0 Å². The van der Waals surface area contributed by atoms with Crippen molar-refractivity contribution < 1.29 is 19.0 Å². The van der Waals surface area contributed by atoms with Gasteiger partial charge in [0, 0.05) is 0 Å². The molecule has 0 aliphatic carbocycles. The van der Waals surface area contributed by atoms with Crippen LogP contribution >= 0.6 is 0 Å². The molecule has 0 aromatic heterocycles. The summed E-state index contributed by atoms with van der Waals surface area (Å²) in [5.41, 5.74) is 0.514. The van der Waals surface area contributed by atoms with Gasteiger partial charge < -0.3 is 14.2 Å². The molecular formula is C17H22O4. The van der Waals surface area contributed by atoms with Gasteiger partial charge >= 0.3 is 6.16 Å². The molecule has 0 amide bonds. The van der Waals surface area contributed by atoms with Gasteiger partial charge in [-0.25, -0.2) is 4.79 Å². The largest absolute Gasteiger partial charge is 0.509 e. The topological polar surface area (TPSA) is 44.8 Å². The number of allylic oxidation sites excluding steroid dienone is 1. The molecule has 4 heteroatoms. The third kappa shape index (κ3) is 3.04. The minimum Gasteiger partial charge on any atom is -0.458 e. The van der Waals surface area contributed by atoms with Crippen molar-refractivity contribution in [1.82, 2.24) is 0 Å². The van der Waals surface area contributed by atoms with Gasteiger partial charge in [0.15, 0.2) is 5.60 Å². The number of hydrogen-bond acceptors (Lipinski definition) is 4. The predicted molar refractivity (Wildman–Crippen MR) is 80.2 cm³/mol. The Morgan fingerprint density at radius 1 is 1.29 bits per heavy atom. The van der Waals surface area contributed by atoms with Gasteiger partial charge in [-0.1, -0.05) is 31.5 Å². The zero-order chi connectivity index (χ0) is 15.5. The maximum Gasteiger partial charge on any atom is 0.509 e. The standard InChI is InChI=1S/C17H22O4/c1-5-14(19-13-10-8-12(4)9-11-13)15-17(6-2,7-3)21-16(18)20-15/h5,8-11,15H,6-7H2,1-4H3/b14-5+/t15-/m0/s1. The number of aryl methyl sites for hydroxylation is 1. The van der Waals surface area contributed by atoms with Crippen LogP contribution in [0.5, 0.6) is 5.75 Å². The van der Waals surface area contributed by atoms with Crippen molar-refractivity contribution in [1.29, 1.82) is 0 Å². The summed E-state index contributed by atoms with van der Waals surface area (Å²) in [5.74, 6) is 1.33. The molecule has 1 aromatic carbocycles. The Kier molecular flexibility index (Phi) is 4.56. The molecule has 0 radical (unpaired) electrons. The number of carbonyl (C=O) groups excluding carboxylic acids is 1. The van der Waals surface area contributed by atoms with Crippen LogP contribution in [-0.4, -0.2) is 17.9 Å². The van der Waals surface area contributed by atoms with Crippen LogP contribution in [0.3, 0.4) is 0 Å². The van der Waals surface area contributed by atoms with Crippen molar-refractivity contribution in [3.63, 3.8) is 0 Å². The van der Waals surface area contributed by atoms with Crippen molar-refractivity contribution >= 4 is 6.16 Å². The fourth-order valence-electron chi connectivity index (χ4n) is 2.54. The number of rotatable bonds is 5. The minimum atomic E-state index is -0.649. The van der Waals surface area contributed by atoms with E-state index in [4.69, 9.17) is 14.2 Å². The maximum absolute atomic E-state index is 11.6. The molecule has 1 aliphatic heterocycles. The minimum absolute atomic E-state index is 0.508. The summed E-state index contributed by atoms with van der Waals surface area (Å²) >= 11 is 0. The van der Waals surface area contributed by atoms with Crippen LogP contribution in [0, 0.1) is 6.92 Å². The van der Waals surface area contributed by atoms with Crippen molar-refractivity contribution in [3.8, 4) is 5.75 Å². The summed E-state index contributed by atoms with van der Waals surface area (Å²) in [7, 11) is 0. The normalized spacial score (nSPS) is 20.9. The molecule has 4 nitrogen and oxygen atoms in total. The lowest BCUT2D eigenvalue weighted by Gasteiger charge is -2.29. The van der Waals surface area contributed by atoms with Gasteiger partial charge in [0.2, 0.25) is 6.10 Å². The molecule has 0 saturated carbocycles. The molecule has 1 heterocycles.